The van der Waals surface area contributed by atoms with Gasteiger partial charge in [-0.15, -0.1) is 11.3 Å². The Morgan fingerprint density at radius 3 is 2.81 bits per heavy atom. The number of nitrogens with zero attached hydrogens (tertiary/aromatic N) is 1. The molecule has 4 rings (SSSR count). The average molecular weight is 293 g/mol. The van der Waals surface area contributed by atoms with Gasteiger partial charge >= 0.3 is 0 Å². The van der Waals surface area contributed by atoms with E-state index in [4.69, 9.17) is 0 Å². The van der Waals surface area contributed by atoms with Crippen molar-refractivity contribution in [3.8, 4) is 0 Å². The highest BCUT2D eigenvalue weighted by atomic mass is 32.1. The fourth-order valence-corrected chi connectivity index (χ4v) is 3.94. The molecule has 0 aliphatic carbocycles. The Morgan fingerprint density at radius 2 is 1.86 bits per heavy atom. The molecule has 2 nitrogen and oxygen atoms in total. The van der Waals surface area contributed by atoms with Crippen molar-refractivity contribution >= 4 is 27.3 Å². The van der Waals surface area contributed by atoms with E-state index in [0.717, 1.165) is 18.5 Å². The predicted molar refractivity (Wildman–Crippen MR) is 86.7 cm³/mol. The molecule has 2 aromatic carbocycles. The minimum atomic E-state index is 0.159. The summed E-state index contributed by atoms with van der Waals surface area (Å²) in [5, 5.41) is 3.45. The normalized spacial score (nSPS) is 14.5. The van der Waals surface area contributed by atoms with E-state index in [9.17, 15) is 4.79 Å². The summed E-state index contributed by atoms with van der Waals surface area (Å²) < 4.78 is 1.29. The van der Waals surface area contributed by atoms with Crippen molar-refractivity contribution in [1.82, 2.24) is 4.90 Å². The van der Waals surface area contributed by atoms with E-state index in [-0.39, 0.29) is 5.91 Å². The molecular weight excluding hydrogens is 278 g/mol. The summed E-state index contributed by atoms with van der Waals surface area (Å²) in [5.74, 6) is 0.159. The van der Waals surface area contributed by atoms with Gasteiger partial charge in [0.25, 0.3) is 5.91 Å². The Balaban J connectivity index is 1.65. The number of hydrogen-bond acceptors (Lipinski definition) is 2. The third-order valence-corrected chi connectivity index (χ3v) is 5.12. The molecule has 1 amide bonds. The van der Waals surface area contributed by atoms with E-state index in [1.807, 2.05) is 23.1 Å². The van der Waals surface area contributed by atoms with E-state index in [1.54, 1.807) is 11.3 Å². The van der Waals surface area contributed by atoms with Crippen LogP contribution in [0.1, 0.15) is 21.5 Å². The standard InChI is InChI=1S/C18H15NOS/c20-18-16-7-2-1-5-13(16)9-10-19(18)11-14-12-21-17-8-4-3-6-15(14)17/h1-8,12H,9-11H2. The second kappa shape index (κ2) is 5.01. The fourth-order valence-electron chi connectivity index (χ4n) is 2.99. The fraction of sp³-hybridized carbons (Fsp3) is 0.167. The van der Waals surface area contributed by atoms with Crippen molar-refractivity contribution in [3.63, 3.8) is 0 Å². The van der Waals surface area contributed by atoms with Crippen molar-refractivity contribution in [2.45, 2.75) is 13.0 Å². The van der Waals surface area contributed by atoms with Crippen LogP contribution in [0, 0.1) is 0 Å². The summed E-state index contributed by atoms with van der Waals surface area (Å²) in [6.07, 6.45) is 0.948. The van der Waals surface area contributed by atoms with E-state index < -0.39 is 0 Å². The molecule has 0 unspecified atom stereocenters. The third kappa shape index (κ3) is 2.14. The average Bonchev–Trinajstić information content (AvgIpc) is 2.94. The number of benzene rings is 2. The summed E-state index contributed by atoms with van der Waals surface area (Å²) >= 11 is 1.75. The zero-order chi connectivity index (χ0) is 14.2. The van der Waals surface area contributed by atoms with Gasteiger partial charge in [-0.05, 0) is 40.4 Å². The van der Waals surface area contributed by atoms with Crippen molar-refractivity contribution in [3.05, 3.63) is 70.6 Å². The lowest BCUT2D eigenvalue weighted by Gasteiger charge is -2.28. The number of carbonyl (C=O) groups is 1. The van der Waals surface area contributed by atoms with Crippen LogP contribution < -0.4 is 0 Å². The van der Waals surface area contributed by atoms with Crippen molar-refractivity contribution < 1.29 is 4.79 Å². The Labute approximate surface area is 127 Å². The summed E-state index contributed by atoms with van der Waals surface area (Å²) in [7, 11) is 0. The first-order valence-corrected chi connectivity index (χ1v) is 8.03. The van der Waals surface area contributed by atoms with Crippen LogP contribution >= 0.6 is 11.3 Å². The van der Waals surface area contributed by atoms with Crippen molar-refractivity contribution in [2.75, 3.05) is 6.54 Å². The molecule has 1 aromatic heterocycles. The first-order valence-electron chi connectivity index (χ1n) is 7.15. The zero-order valence-corrected chi connectivity index (χ0v) is 12.4. The molecule has 0 saturated heterocycles. The number of thiophene rings is 1. The lowest BCUT2D eigenvalue weighted by atomic mass is 9.98. The van der Waals surface area contributed by atoms with Crippen LogP contribution in [0.4, 0.5) is 0 Å². The summed E-state index contributed by atoms with van der Waals surface area (Å²) in [6.45, 7) is 1.51. The number of carbonyl (C=O) groups excluding carboxylic acids is 1. The van der Waals surface area contributed by atoms with Gasteiger partial charge in [0, 0.05) is 23.4 Å². The summed E-state index contributed by atoms with van der Waals surface area (Å²) in [5.41, 5.74) is 3.29. The van der Waals surface area contributed by atoms with Crippen molar-refractivity contribution in [1.29, 1.82) is 0 Å². The number of amides is 1. The zero-order valence-electron chi connectivity index (χ0n) is 11.6. The van der Waals surface area contributed by atoms with Gasteiger partial charge in [0.2, 0.25) is 0 Å². The smallest absolute Gasteiger partial charge is 0.254 e. The molecule has 1 aliphatic heterocycles. The largest absolute Gasteiger partial charge is 0.334 e. The van der Waals surface area contributed by atoms with Gasteiger partial charge in [0.1, 0.15) is 0 Å². The second-order valence-corrected chi connectivity index (χ2v) is 6.30. The molecule has 21 heavy (non-hydrogen) atoms. The topological polar surface area (TPSA) is 20.3 Å². The van der Waals surface area contributed by atoms with Gasteiger partial charge in [-0.3, -0.25) is 4.79 Å². The van der Waals surface area contributed by atoms with E-state index >= 15 is 0 Å². The Bertz CT molecular complexity index is 821. The highest BCUT2D eigenvalue weighted by Crippen LogP contribution is 2.28. The van der Waals surface area contributed by atoms with E-state index in [2.05, 4.69) is 35.7 Å². The Hall–Kier alpha value is -2.13. The molecule has 0 fully saturated rings. The van der Waals surface area contributed by atoms with Gasteiger partial charge < -0.3 is 4.90 Å². The Morgan fingerprint density at radius 1 is 1.05 bits per heavy atom. The van der Waals surface area contributed by atoms with E-state index in [1.165, 1.54) is 21.2 Å². The van der Waals surface area contributed by atoms with Gasteiger partial charge in [0.15, 0.2) is 0 Å². The first kappa shape index (κ1) is 12.6. The van der Waals surface area contributed by atoms with Crippen LogP contribution in [-0.2, 0) is 13.0 Å². The summed E-state index contributed by atoms with van der Waals surface area (Å²) in [4.78, 5) is 14.6. The third-order valence-electron chi connectivity index (χ3n) is 4.11. The molecule has 0 bridgehead atoms. The maximum atomic E-state index is 12.6. The van der Waals surface area contributed by atoms with Gasteiger partial charge in [-0.1, -0.05) is 36.4 Å². The summed E-state index contributed by atoms with van der Waals surface area (Å²) in [6, 6.07) is 16.4. The highest BCUT2D eigenvalue weighted by molar-refractivity contribution is 7.17. The van der Waals surface area contributed by atoms with Crippen LogP contribution in [0.3, 0.4) is 0 Å². The second-order valence-electron chi connectivity index (χ2n) is 5.39. The maximum absolute atomic E-state index is 12.6. The number of hydrogen-bond donors (Lipinski definition) is 0. The number of rotatable bonds is 2. The molecule has 2 heterocycles. The number of fused-ring (bicyclic) bond motifs is 2. The predicted octanol–water partition coefficient (Wildman–Crippen LogP) is 4.10. The maximum Gasteiger partial charge on any atom is 0.254 e. The van der Waals surface area contributed by atoms with Crippen LogP contribution in [0.15, 0.2) is 53.9 Å². The molecule has 0 spiro atoms. The molecule has 104 valence electrons. The molecule has 0 saturated carbocycles. The molecule has 0 radical (unpaired) electrons. The molecule has 0 atom stereocenters. The van der Waals surface area contributed by atoms with E-state index in [0.29, 0.717) is 6.54 Å². The highest BCUT2D eigenvalue weighted by Gasteiger charge is 2.24. The Kier molecular flexibility index (Phi) is 3.00. The first-order chi connectivity index (χ1) is 10.3. The van der Waals surface area contributed by atoms with Crippen molar-refractivity contribution in [2.24, 2.45) is 0 Å². The molecule has 0 N–H and O–H groups in total. The van der Waals surface area contributed by atoms with Gasteiger partial charge in [-0.2, -0.15) is 0 Å². The van der Waals surface area contributed by atoms with Crippen LogP contribution in [-0.4, -0.2) is 17.4 Å². The molecular formula is C18H15NOS. The van der Waals surface area contributed by atoms with Crippen LogP contribution in [0.5, 0.6) is 0 Å². The molecule has 3 aromatic rings. The molecule has 3 heteroatoms. The van der Waals surface area contributed by atoms with Gasteiger partial charge in [0.05, 0.1) is 0 Å². The van der Waals surface area contributed by atoms with Gasteiger partial charge in [-0.25, -0.2) is 0 Å². The molecule has 1 aliphatic rings. The lowest BCUT2D eigenvalue weighted by Crippen LogP contribution is -2.36. The SMILES string of the molecule is O=C1c2ccccc2CCN1Cc1csc2ccccc12. The van der Waals surface area contributed by atoms with Crippen LogP contribution in [0.2, 0.25) is 0 Å². The minimum Gasteiger partial charge on any atom is -0.334 e. The minimum absolute atomic E-state index is 0.159. The monoisotopic (exact) mass is 293 g/mol. The van der Waals surface area contributed by atoms with Crippen LogP contribution in [0.25, 0.3) is 10.1 Å². The lowest BCUT2D eigenvalue weighted by molar-refractivity contribution is 0.0728. The quantitative estimate of drug-likeness (QED) is 0.696.